The molecular formula is C25H49NO4. The van der Waals surface area contributed by atoms with E-state index in [0.29, 0.717) is 19.1 Å². The molecule has 0 aromatic rings. The average molecular weight is 428 g/mol. The Bertz CT molecular complexity index is 427. The van der Waals surface area contributed by atoms with Gasteiger partial charge in [0.2, 0.25) is 0 Å². The predicted molar refractivity (Wildman–Crippen MR) is 125 cm³/mol. The smallest absolute Gasteiger partial charge is 0.410 e. The molecule has 0 rings (SSSR count). The Hall–Kier alpha value is -1.26. The monoisotopic (exact) mass is 427 g/mol. The number of hydrogen-bond acceptors (Lipinski definition) is 4. The van der Waals surface area contributed by atoms with Crippen LogP contribution >= 0.6 is 0 Å². The van der Waals surface area contributed by atoms with Crippen molar-refractivity contribution in [1.82, 2.24) is 4.90 Å². The lowest BCUT2D eigenvalue weighted by Crippen LogP contribution is -2.42. The van der Waals surface area contributed by atoms with E-state index < -0.39 is 12.1 Å². The molecule has 0 aliphatic rings. The van der Waals surface area contributed by atoms with Gasteiger partial charge in [-0.1, -0.05) is 97.8 Å². The fourth-order valence-corrected chi connectivity index (χ4v) is 3.39. The summed E-state index contributed by atoms with van der Waals surface area (Å²) in [6, 6.07) is -0.628. The van der Waals surface area contributed by atoms with Gasteiger partial charge in [-0.25, -0.2) is 9.59 Å². The summed E-state index contributed by atoms with van der Waals surface area (Å²) >= 11 is 0. The molecule has 2 atom stereocenters. The molecule has 0 aliphatic carbocycles. The summed E-state index contributed by atoms with van der Waals surface area (Å²) in [5, 5.41) is 0. The number of ether oxygens (including phenoxy) is 2. The van der Waals surface area contributed by atoms with Gasteiger partial charge in [-0.3, -0.25) is 4.90 Å². The van der Waals surface area contributed by atoms with Gasteiger partial charge in [-0.2, -0.15) is 0 Å². The van der Waals surface area contributed by atoms with E-state index in [1.807, 2.05) is 0 Å². The standard InChI is InChI=1S/C25H49NO4/c1-6-9-11-12-13-14-15-16-17-18-20-29-24(27)22(4)26(5)25(28)30-21-23(8-3)19-10-7-2/h22-23H,6-21H2,1-5H3. The average Bonchev–Trinajstić information content (AvgIpc) is 2.76. The number of unbranched alkanes of at least 4 members (excludes halogenated alkanes) is 10. The molecule has 5 heteroatoms. The molecule has 0 aromatic heterocycles. The van der Waals surface area contributed by atoms with Crippen molar-refractivity contribution in [2.24, 2.45) is 5.92 Å². The molecule has 0 N–H and O–H groups in total. The highest BCUT2D eigenvalue weighted by Gasteiger charge is 2.25. The van der Waals surface area contributed by atoms with Crippen molar-refractivity contribution in [1.29, 1.82) is 0 Å². The molecule has 0 spiro atoms. The van der Waals surface area contributed by atoms with Crippen LogP contribution in [0.25, 0.3) is 0 Å². The summed E-state index contributed by atoms with van der Waals surface area (Å²) in [4.78, 5) is 25.8. The maximum atomic E-state index is 12.2. The molecule has 0 fully saturated rings. The normalized spacial score (nSPS) is 13.0. The van der Waals surface area contributed by atoms with Gasteiger partial charge in [0.05, 0.1) is 13.2 Å². The van der Waals surface area contributed by atoms with Gasteiger partial charge in [0, 0.05) is 7.05 Å². The second kappa shape index (κ2) is 19.7. The van der Waals surface area contributed by atoms with Crippen LogP contribution in [-0.2, 0) is 14.3 Å². The lowest BCUT2D eigenvalue weighted by molar-refractivity contribution is -0.148. The van der Waals surface area contributed by atoms with Crippen molar-refractivity contribution < 1.29 is 19.1 Å². The lowest BCUT2D eigenvalue weighted by atomic mass is 10.0. The van der Waals surface area contributed by atoms with Crippen molar-refractivity contribution in [3.8, 4) is 0 Å². The van der Waals surface area contributed by atoms with Gasteiger partial charge in [0.25, 0.3) is 0 Å². The van der Waals surface area contributed by atoms with E-state index in [-0.39, 0.29) is 5.97 Å². The summed E-state index contributed by atoms with van der Waals surface area (Å²) in [6.45, 7) is 9.06. The summed E-state index contributed by atoms with van der Waals surface area (Å²) < 4.78 is 10.8. The molecule has 0 aliphatic heterocycles. The van der Waals surface area contributed by atoms with Crippen LogP contribution in [0, 0.1) is 5.92 Å². The Balaban J connectivity index is 3.86. The van der Waals surface area contributed by atoms with Crippen LogP contribution in [0.4, 0.5) is 4.79 Å². The zero-order chi connectivity index (χ0) is 22.6. The van der Waals surface area contributed by atoms with E-state index >= 15 is 0 Å². The predicted octanol–water partition coefficient (Wildman–Crippen LogP) is 7.12. The van der Waals surface area contributed by atoms with E-state index in [1.54, 1.807) is 14.0 Å². The van der Waals surface area contributed by atoms with Crippen LogP contribution in [0.3, 0.4) is 0 Å². The van der Waals surface area contributed by atoms with Crippen LogP contribution in [0.5, 0.6) is 0 Å². The first-order valence-electron chi connectivity index (χ1n) is 12.5. The molecule has 30 heavy (non-hydrogen) atoms. The van der Waals surface area contributed by atoms with Crippen LogP contribution in [0.15, 0.2) is 0 Å². The maximum absolute atomic E-state index is 12.2. The van der Waals surface area contributed by atoms with E-state index in [0.717, 1.165) is 38.5 Å². The Labute approximate surface area is 186 Å². The quantitative estimate of drug-likeness (QED) is 0.163. The van der Waals surface area contributed by atoms with Gasteiger partial charge >= 0.3 is 12.1 Å². The van der Waals surface area contributed by atoms with Gasteiger partial charge < -0.3 is 9.47 Å². The van der Waals surface area contributed by atoms with Gasteiger partial charge in [0.1, 0.15) is 6.04 Å². The second-order valence-corrected chi connectivity index (χ2v) is 8.63. The minimum absolute atomic E-state index is 0.358. The Kier molecular flexibility index (Phi) is 18.9. The summed E-state index contributed by atoms with van der Waals surface area (Å²) in [5.41, 5.74) is 0. The number of hydrogen-bond donors (Lipinski definition) is 0. The topological polar surface area (TPSA) is 55.8 Å². The van der Waals surface area contributed by atoms with Crippen molar-refractivity contribution in [2.45, 2.75) is 124 Å². The van der Waals surface area contributed by atoms with Crippen molar-refractivity contribution in [3.05, 3.63) is 0 Å². The number of amides is 1. The highest BCUT2D eigenvalue weighted by Crippen LogP contribution is 2.14. The molecule has 5 nitrogen and oxygen atoms in total. The van der Waals surface area contributed by atoms with Crippen molar-refractivity contribution >= 4 is 12.1 Å². The first-order chi connectivity index (χ1) is 14.5. The Morgan fingerprint density at radius 3 is 1.83 bits per heavy atom. The minimum atomic E-state index is -0.628. The molecule has 0 saturated heterocycles. The lowest BCUT2D eigenvalue weighted by Gasteiger charge is -2.24. The second-order valence-electron chi connectivity index (χ2n) is 8.63. The molecule has 2 unspecified atom stereocenters. The van der Waals surface area contributed by atoms with Crippen LogP contribution in [0.2, 0.25) is 0 Å². The fraction of sp³-hybridized carbons (Fsp3) is 0.920. The third kappa shape index (κ3) is 14.7. The van der Waals surface area contributed by atoms with E-state index in [4.69, 9.17) is 9.47 Å². The third-order valence-corrected chi connectivity index (χ3v) is 5.94. The number of nitrogens with zero attached hydrogens (tertiary/aromatic N) is 1. The van der Waals surface area contributed by atoms with Crippen LogP contribution in [-0.4, -0.2) is 43.3 Å². The number of carbonyl (C=O) groups excluding carboxylic acids is 2. The molecule has 178 valence electrons. The highest BCUT2D eigenvalue weighted by atomic mass is 16.6. The summed E-state index contributed by atoms with van der Waals surface area (Å²) in [7, 11) is 1.60. The zero-order valence-electron chi connectivity index (χ0n) is 20.5. The molecule has 0 saturated carbocycles. The molecule has 0 aromatic carbocycles. The van der Waals surface area contributed by atoms with Crippen LogP contribution < -0.4 is 0 Å². The minimum Gasteiger partial charge on any atom is -0.464 e. The first-order valence-corrected chi connectivity index (χ1v) is 12.5. The van der Waals surface area contributed by atoms with Crippen LogP contribution in [0.1, 0.15) is 118 Å². The van der Waals surface area contributed by atoms with E-state index in [9.17, 15) is 9.59 Å². The molecule has 0 bridgehead atoms. The number of rotatable bonds is 19. The Morgan fingerprint density at radius 2 is 1.30 bits per heavy atom. The summed E-state index contributed by atoms with van der Waals surface area (Å²) in [5.74, 6) is 0.0318. The summed E-state index contributed by atoms with van der Waals surface area (Å²) in [6.07, 6.45) is 16.4. The number of carbonyl (C=O) groups is 2. The third-order valence-electron chi connectivity index (χ3n) is 5.94. The number of esters is 1. The largest absolute Gasteiger partial charge is 0.464 e. The van der Waals surface area contributed by atoms with Crippen molar-refractivity contribution in [3.63, 3.8) is 0 Å². The highest BCUT2D eigenvalue weighted by molar-refractivity contribution is 5.80. The number of likely N-dealkylation sites (N-methyl/N-ethyl adjacent to an activating group) is 1. The Morgan fingerprint density at radius 1 is 0.767 bits per heavy atom. The molecule has 1 amide bonds. The van der Waals surface area contributed by atoms with Gasteiger partial charge in [-0.05, 0) is 25.7 Å². The SMILES string of the molecule is CCCCCCCCCCCCOC(=O)C(C)N(C)C(=O)OCC(CC)CCCC. The van der Waals surface area contributed by atoms with E-state index in [2.05, 4.69) is 20.8 Å². The van der Waals surface area contributed by atoms with E-state index in [1.165, 1.54) is 56.3 Å². The maximum Gasteiger partial charge on any atom is 0.410 e. The van der Waals surface area contributed by atoms with Gasteiger partial charge in [0.15, 0.2) is 0 Å². The van der Waals surface area contributed by atoms with Crippen molar-refractivity contribution in [2.75, 3.05) is 20.3 Å². The molecule has 0 radical (unpaired) electrons. The first kappa shape index (κ1) is 28.7. The molecular weight excluding hydrogens is 378 g/mol. The molecule has 0 heterocycles. The van der Waals surface area contributed by atoms with Gasteiger partial charge in [-0.15, -0.1) is 0 Å². The fourth-order valence-electron chi connectivity index (χ4n) is 3.39. The zero-order valence-corrected chi connectivity index (χ0v) is 20.5.